The molecule has 27 heavy (non-hydrogen) atoms. The van der Waals surface area contributed by atoms with Crippen molar-refractivity contribution in [2.45, 2.75) is 22.5 Å². The number of halogens is 1. The predicted octanol–water partition coefficient (Wildman–Crippen LogP) is -0.667. The zero-order chi connectivity index (χ0) is 19.6. The van der Waals surface area contributed by atoms with Crippen molar-refractivity contribution in [2.75, 3.05) is 31.6 Å². The molecule has 2 saturated heterocycles. The Labute approximate surface area is 160 Å². The van der Waals surface area contributed by atoms with Gasteiger partial charge >= 0.3 is 0 Å². The van der Waals surface area contributed by atoms with E-state index in [1.54, 1.807) is 0 Å². The number of anilines is 1. The van der Waals surface area contributed by atoms with Crippen LogP contribution in [0.2, 0.25) is 0 Å². The molecular weight excluding hydrogens is 402 g/mol. The zero-order valence-electron chi connectivity index (χ0n) is 14.0. The van der Waals surface area contributed by atoms with Crippen LogP contribution >= 0.6 is 11.6 Å². The van der Waals surface area contributed by atoms with Crippen molar-refractivity contribution in [3.05, 3.63) is 34.4 Å². The van der Waals surface area contributed by atoms with Gasteiger partial charge in [0, 0.05) is 23.7 Å². The van der Waals surface area contributed by atoms with Gasteiger partial charge in [0.1, 0.15) is 11.4 Å². The first kappa shape index (κ1) is 19.9. The van der Waals surface area contributed by atoms with Crippen LogP contribution in [-0.4, -0.2) is 67.4 Å². The smallest absolute Gasteiger partial charge is 0.296 e. The van der Waals surface area contributed by atoms with Gasteiger partial charge in [-0.15, -0.1) is 11.6 Å². The first-order chi connectivity index (χ1) is 12.8. The molecule has 3 rings (SSSR count). The molecule has 13 heteroatoms. The van der Waals surface area contributed by atoms with Gasteiger partial charge in [-0.1, -0.05) is 6.07 Å². The van der Waals surface area contributed by atoms with Gasteiger partial charge < -0.3 is 10.1 Å². The number of nitrogens with zero attached hydrogens (tertiary/aromatic N) is 2. The second-order valence-corrected chi connectivity index (χ2v) is 8.42. The molecule has 3 atom stereocenters. The highest BCUT2D eigenvalue weighted by atomic mass is 35.5. The van der Waals surface area contributed by atoms with E-state index in [2.05, 4.69) is 16.2 Å². The van der Waals surface area contributed by atoms with Crippen LogP contribution in [-0.2, 0) is 19.6 Å². The minimum absolute atomic E-state index is 0.0327. The number of hydrogen-bond donors (Lipinski definition) is 3. The number of sulfonamides is 1. The molecule has 2 aliphatic rings. The van der Waals surface area contributed by atoms with Crippen molar-refractivity contribution in [3.63, 3.8) is 0 Å². The number of amides is 1. The number of hydrazine groups is 1. The van der Waals surface area contributed by atoms with Gasteiger partial charge in [-0.05, 0) is 18.2 Å². The van der Waals surface area contributed by atoms with Gasteiger partial charge in [0.25, 0.3) is 6.17 Å². The summed E-state index contributed by atoms with van der Waals surface area (Å²) in [7, 11) is -3.71. The maximum absolute atomic E-state index is 12.7. The van der Waals surface area contributed by atoms with E-state index in [4.69, 9.17) is 16.3 Å². The van der Waals surface area contributed by atoms with Crippen LogP contribution in [0, 0.1) is 10.1 Å². The van der Waals surface area contributed by atoms with Gasteiger partial charge in [-0.25, -0.2) is 13.8 Å². The van der Waals surface area contributed by atoms with Gasteiger partial charge in [0.2, 0.25) is 15.9 Å². The molecule has 3 N–H and O–H groups in total. The highest BCUT2D eigenvalue weighted by Gasteiger charge is 2.46. The van der Waals surface area contributed by atoms with Crippen LogP contribution in [0.4, 0.5) is 5.69 Å². The molecule has 2 fully saturated rings. The van der Waals surface area contributed by atoms with Gasteiger partial charge in [0.15, 0.2) is 0 Å². The van der Waals surface area contributed by atoms with Crippen LogP contribution in [0.5, 0.6) is 0 Å². The molecule has 2 aliphatic heterocycles. The van der Waals surface area contributed by atoms with Gasteiger partial charge in [-0.3, -0.25) is 14.9 Å². The monoisotopic (exact) mass is 419 g/mol. The van der Waals surface area contributed by atoms with Crippen LogP contribution in [0.15, 0.2) is 29.2 Å². The molecule has 0 saturated carbocycles. The molecule has 148 valence electrons. The fourth-order valence-corrected chi connectivity index (χ4v) is 4.57. The summed E-state index contributed by atoms with van der Waals surface area (Å²) in [5, 5.41) is 12.3. The predicted molar refractivity (Wildman–Crippen MR) is 95.1 cm³/mol. The first-order valence-electron chi connectivity index (χ1n) is 8.08. The number of rotatable bonds is 5. The normalized spacial score (nSPS) is 26.6. The van der Waals surface area contributed by atoms with E-state index in [-0.39, 0.29) is 23.7 Å². The van der Waals surface area contributed by atoms with Crippen molar-refractivity contribution < 1.29 is 22.9 Å². The summed E-state index contributed by atoms with van der Waals surface area (Å²) in [6.07, 6.45) is -1.31. The van der Waals surface area contributed by atoms with Crippen LogP contribution < -0.4 is 16.2 Å². The minimum Gasteiger partial charge on any atom is -0.379 e. The topological polar surface area (TPSA) is 143 Å². The van der Waals surface area contributed by atoms with Crippen molar-refractivity contribution in [3.8, 4) is 0 Å². The standard InChI is InChI=1S/C14H18ClN5O6S/c15-11-12(17-18-13(11)20(22)23)14(21)16-9-2-1-3-10(8-9)27(24,25)19-4-6-26-7-5-19/h1-3,8,11-13,17-18H,4-7H2,(H,16,21). The Kier molecular flexibility index (Phi) is 5.93. The lowest BCUT2D eigenvalue weighted by atomic mass is 10.2. The second-order valence-electron chi connectivity index (χ2n) is 5.97. The minimum atomic E-state index is -3.71. The third-order valence-electron chi connectivity index (χ3n) is 4.23. The SMILES string of the molecule is O=C(Nc1cccc(S(=O)(=O)N2CCOCC2)c1)C1NNC([N+](=O)[O-])C1Cl. The number of carbonyl (C=O) groups excluding carboxylic acids is 1. The Morgan fingerprint density at radius 3 is 2.67 bits per heavy atom. The lowest BCUT2D eigenvalue weighted by Gasteiger charge is -2.26. The molecule has 3 unspecified atom stereocenters. The summed E-state index contributed by atoms with van der Waals surface area (Å²) in [5.74, 6) is -0.618. The highest BCUT2D eigenvalue weighted by molar-refractivity contribution is 7.89. The number of benzene rings is 1. The third-order valence-corrected chi connectivity index (χ3v) is 6.61. The van der Waals surface area contributed by atoms with E-state index in [9.17, 15) is 23.3 Å². The largest absolute Gasteiger partial charge is 0.379 e. The molecule has 1 amide bonds. The van der Waals surface area contributed by atoms with E-state index in [1.807, 2.05) is 0 Å². The zero-order valence-corrected chi connectivity index (χ0v) is 15.6. The fraction of sp³-hybridized carbons (Fsp3) is 0.500. The van der Waals surface area contributed by atoms with Crippen molar-refractivity contribution >= 4 is 33.2 Å². The van der Waals surface area contributed by atoms with E-state index in [0.717, 1.165) is 0 Å². The number of ether oxygens (including phenoxy) is 1. The molecule has 1 aromatic carbocycles. The Morgan fingerprint density at radius 2 is 2.04 bits per heavy atom. The summed E-state index contributed by atoms with van der Waals surface area (Å²) in [6.45, 7) is 1.16. The molecule has 0 bridgehead atoms. The lowest BCUT2D eigenvalue weighted by molar-refractivity contribution is -0.525. The summed E-state index contributed by atoms with van der Waals surface area (Å²) in [6, 6.07) is 4.73. The highest BCUT2D eigenvalue weighted by Crippen LogP contribution is 2.22. The van der Waals surface area contributed by atoms with Crippen LogP contribution in [0.25, 0.3) is 0 Å². The second kappa shape index (κ2) is 8.04. The Hall–Kier alpha value is -1.83. The molecule has 0 radical (unpaired) electrons. The van der Waals surface area contributed by atoms with Crippen molar-refractivity contribution in [1.82, 2.24) is 15.2 Å². The molecule has 11 nitrogen and oxygen atoms in total. The average Bonchev–Trinajstić information content (AvgIpc) is 3.04. The van der Waals surface area contributed by atoms with Crippen LogP contribution in [0.3, 0.4) is 0 Å². The lowest BCUT2D eigenvalue weighted by Crippen LogP contribution is -2.42. The number of nitro groups is 1. The van der Waals surface area contributed by atoms with Gasteiger partial charge in [-0.2, -0.15) is 9.73 Å². The molecule has 0 spiro atoms. The first-order valence-corrected chi connectivity index (χ1v) is 9.96. The Bertz CT molecular complexity index is 831. The molecule has 0 aromatic heterocycles. The van der Waals surface area contributed by atoms with Crippen molar-refractivity contribution in [1.29, 1.82) is 0 Å². The average molecular weight is 420 g/mol. The number of morpholine rings is 1. The van der Waals surface area contributed by atoms with E-state index >= 15 is 0 Å². The number of nitrogens with one attached hydrogen (secondary N) is 3. The van der Waals surface area contributed by atoms with Crippen molar-refractivity contribution in [2.24, 2.45) is 0 Å². The summed E-state index contributed by atoms with van der Waals surface area (Å²) in [4.78, 5) is 22.6. The van der Waals surface area contributed by atoms with Crippen LogP contribution in [0.1, 0.15) is 0 Å². The Balaban J connectivity index is 1.72. The summed E-state index contributed by atoms with van der Waals surface area (Å²) in [5.41, 5.74) is 5.06. The molecule has 1 aromatic rings. The maximum atomic E-state index is 12.7. The van der Waals surface area contributed by atoms with E-state index in [0.29, 0.717) is 13.2 Å². The van der Waals surface area contributed by atoms with E-state index in [1.165, 1.54) is 28.6 Å². The number of carbonyl (C=O) groups is 1. The summed E-state index contributed by atoms with van der Waals surface area (Å²) < 4.78 is 31.9. The molecule has 2 heterocycles. The van der Waals surface area contributed by atoms with Gasteiger partial charge in [0.05, 0.1) is 18.1 Å². The fourth-order valence-electron chi connectivity index (χ4n) is 2.79. The Morgan fingerprint density at radius 1 is 1.33 bits per heavy atom. The number of hydrogen-bond acceptors (Lipinski definition) is 8. The summed E-state index contributed by atoms with van der Waals surface area (Å²) >= 11 is 5.96. The molecule has 0 aliphatic carbocycles. The quantitative estimate of drug-likeness (QED) is 0.324. The maximum Gasteiger partial charge on any atom is 0.296 e. The third kappa shape index (κ3) is 4.20. The number of alkyl halides is 1. The molecular formula is C14H18ClN5O6S. The van der Waals surface area contributed by atoms with E-state index < -0.39 is 38.4 Å².